The Balaban J connectivity index is 3.10. The van der Waals surface area contributed by atoms with E-state index in [9.17, 15) is 13.2 Å². The number of hydrogen-bond donors (Lipinski definition) is 1. The Kier molecular flexibility index (Phi) is 5.43. The molecule has 1 atom stereocenters. The Hall–Kier alpha value is -0.820. The zero-order chi connectivity index (χ0) is 15.7. The van der Waals surface area contributed by atoms with Crippen LogP contribution in [0.2, 0.25) is 10.0 Å². The molecule has 0 saturated carbocycles. The van der Waals surface area contributed by atoms with Crippen LogP contribution in [0.5, 0.6) is 5.75 Å². The van der Waals surface area contributed by atoms with Crippen molar-refractivity contribution in [2.45, 2.75) is 25.7 Å². The van der Waals surface area contributed by atoms with Crippen LogP contribution in [0, 0.1) is 11.8 Å². The highest BCUT2D eigenvalue weighted by Crippen LogP contribution is 2.34. The number of hydrogen-bond acceptors (Lipinski definition) is 4. The zero-order valence-electron chi connectivity index (χ0n) is 11.1. The van der Waals surface area contributed by atoms with Gasteiger partial charge in [0.25, 0.3) is 10.1 Å². The molecule has 112 valence electrons. The topological polar surface area (TPSA) is 80.7 Å². The summed E-state index contributed by atoms with van der Waals surface area (Å²) in [6.07, 6.45) is 0. The monoisotopic (exact) mass is 340 g/mol. The van der Waals surface area contributed by atoms with Crippen LogP contribution in [-0.2, 0) is 14.9 Å². The molecule has 1 aromatic carbocycles. The van der Waals surface area contributed by atoms with Gasteiger partial charge in [-0.1, -0.05) is 44.0 Å². The fraction of sp³-hybridized carbons (Fsp3) is 0.417. The van der Waals surface area contributed by atoms with Crippen LogP contribution >= 0.6 is 23.2 Å². The Labute approximate surface area is 127 Å². The normalized spacial score (nSPS) is 13.3. The molecule has 5 nitrogen and oxygen atoms in total. The van der Waals surface area contributed by atoms with Crippen LogP contribution in [0.1, 0.15) is 20.8 Å². The summed E-state index contributed by atoms with van der Waals surface area (Å²) < 4.78 is 36.2. The van der Waals surface area contributed by atoms with Gasteiger partial charge in [-0.05, 0) is 5.92 Å². The van der Waals surface area contributed by atoms with E-state index < -0.39 is 21.0 Å². The molecular formula is C12H14Cl2O5S. The summed E-state index contributed by atoms with van der Waals surface area (Å²) in [5.41, 5.74) is 0. The van der Waals surface area contributed by atoms with E-state index in [1.807, 2.05) is 13.8 Å². The van der Waals surface area contributed by atoms with Gasteiger partial charge < -0.3 is 4.74 Å². The second kappa shape index (κ2) is 6.30. The van der Waals surface area contributed by atoms with Crippen molar-refractivity contribution in [1.29, 1.82) is 0 Å². The lowest BCUT2D eigenvalue weighted by Gasteiger charge is -2.15. The summed E-state index contributed by atoms with van der Waals surface area (Å²) in [6.45, 7) is 5.45. The number of esters is 1. The molecule has 1 unspecified atom stereocenters. The number of carbonyl (C=O) groups excluding carboxylic acids is 1. The van der Waals surface area contributed by atoms with E-state index in [4.69, 9.17) is 32.5 Å². The van der Waals surface area contributed by atoms with E-state index in [2.05, 4.69) is 0 Å². The Morgan fingerprint density at radius 2 is 1.65 bits per heavy atom. The minimum Gasteiger partial charge on any atom is -0.426 e. The standard InChI is InChI=1S/C12H14Cl2O5S/c1-6(2)7(3)12(15)19-8-4-9(13)11(10(14)5-8)20(16,17)18/h4-7H,1-3H3,(H,16,17,18). The van der Waals surface area contributed by atoms with Gasteiger partial charge in [0.1, 0.15) is 10.6 Å². The van der Waals surface area contributed by atoms with Gasteiger partial charge in [-0.15, -0.1) is 0 Å². The fourth-order valence-electron chi connectivity index (χ4n) is 1.32. The van der Waals surface area contributed by atoms with Crippen molar-refractivity contribution in [3.05, 3.63) is 22.2 Å². The SMILES string of the molecule is CC(C)C(C)C(=O)Oc1cc(Cl)c(S(=O)(=O)O)c(Cl)c1. The molecule has 0 saturated heterocycles. The lowest BCUT2D eigenvalue weighted by Crippen LogP contribution is -2.22. The summed E-state index contributed by atoms with van der Waals surface area (Å²) in [7, 11) is -4.54. The highest BCUT2D eigenvalue weighted by molar-refractivity contribution is 7.86. The molecule has 0 fully saturated rings. The molecule has 20 heavy (non-hydrogen) atoms. The van der Waals surface area contributed by atoms with Crippen molar-refractivity contribution in [1.82, 2.24) is 0 Å². The first-order chi connectivity index (χ1) is 9.04. The maximum atomic E-state index is 11.8. The number of benzene rings is 1. The van der Waals surface area contributed by atoms with Crippen LogP contribution in [0.3, 0.4) is 0 Å². The molecule has 0 aromatic heterocycles. The molecule has 1 aromatic rings. The van der Waals surface area contributed by atoms with Gasteiger partial charge in [-0.2, -0.15) is 8.42 Å². The van der Waals surface area contributed by atoms with Gasteiger partial charge in [0.05, 0.1) is 16.0 Å². The van der Waals surface area contributed by atoms with Gasteiger partial charge in [0.15, 0.2) is 0 Å². The smallest absolute Gasteiger partial charge is 0.314 e. The molecule has 0 aliphatic heterocycles. The van der Waals surface area contributed by atoms with Crippen LogP contribution in [-0.4, -0.2) is 18.9 Å². The van der Waals surface area contributed by atoms with Gasteiger partial charge in [-0.25, -0.2) is 0 Å². The maximum Gasteiger partial charge on any atom is 0.314 e. The molecule has 0 aliphatic carbocycles. The molecule has 0 bridgehead atoms. The number of carbonyl (C=O) groups is 1. The van der Waals surface area contributed by atoms with Crippen LogP contribution < -0.4 is 4.74 Å². The lowest BCUT2D eigenvalue weighted by molar-refractivity contribution is -0.139. The summed E-state index contributed by atoms with van der Waals surface area (Å²) >= 11 is 11.5. The molecule has 1 rings (SSSR count). The number of halogens is 2. The lowest BCUT2D eigenvalue weighted by atomic mass is 9.99. The van der Waals surface area contributed by atoms with E-state index in [-0.39, 0.29) is 27.6 Å². The largest absolute Gasteiger partial charge is 0.426 e. The van der Waals surface area contributed by atoms with E-state index in [1.165, 1.54) is 0 Å². The van der Waals surface area contributed by atoms with Crippen molar-refractivity contribution in [3.63, 3.8) is 0 Å². The average molecular weight is 341 g/mol. The minimum absolute atomic E-state index is 0.0184. The highest BCUT2D eigenvalue weighted by atomic mass is 35.5. The van der Waals surface area contributed by atoms with E-state index in [0.717, 1.165) is 12.1 Å². The fourth-order valence-corrected chi connectivity index (χ4v) is 2.99. The molecule has 0 radical (unpaired) electrons. The Morgan fingerprint density at radius 1 is 1.20 bits per heavy atom. The molecule has 0 spiro atoms. The predicted molar refractivity (Wildman–Crippen MR) is 75.9 cm³/mol. The number of ether oxygens (including phenoxy) is 1. The van der Waals surface area contributed by atoms with Crippen LogP contribution in [0.25, 0.3) is 0 Å². The quantitative estimate of drug-likeness (QED) is 0.515. The van der Waals surface area contributed by atoms with Gasteiger partial charge >= 0.3 is 5.97 Å². The van der Waals surface area contributed by atoms with Crippen molar-refractivity contribution < 1.29 is 22.5 Å². The molecule has 1 N–H and O–H groups in total. The first-order valence-electron chi connectivity index (χ1n) is 5.72. The minimum atomic E-state index is -4.54. The molecular weight excluding hydrogens is 327 g/mol. The first kappa shape index (κ1) is 17.2. The summed E-state index contributed by atoms with van der Waals surface area (Å²) in [4.78, 5) is 11.2. The maximum absolute atomic E-state index is 11.8. The van der Waals surface area contributed by atoms with Crippen molar-refractivity contribution in [3.8, 4) is 5.75 Å². The molecule has 0 aliphatic rings. The van der Waals surface area contributed by atoms with Crippen LogP contribution in [0.15, 0.2) is 17.0 Å². The van der Waals surface area contributed by atoms with Crippen molar-refractivity contribution in [2.75, 3.05) is 0 Å². The first-order valence-corrected chi connectivity index (χ1v) is 7.92. The number of rotatable bonds is 4. The van der Waals surface area contributed by atoms with Crippen LogP contribution in [0.4, 0.5) is 0 Å². The second-order valence-corrected chi connectivity index (χ2v) is 6.82. The third kappa shape index (κ3) is 4.09. The van der Waals surface area contributed by atoms with Gasteiger partial charge in [0.2, 0.25) is 0 Å². The van der Waals surface area contributed by atoms with E-state index >= 15 is 0 Å². The third-order valence-corrected chi connectivity index (χ3v) is 4.60. The summed E-state index contributed by atoms with van der Waals surface area (Å²) in [5.74, 6) is -0.712. The second-order valence-electron chi connectivity index (χ2n) is 4.64. The third-order valence-electron chi connectivity index (χ3n) is 2.82. The average Bonchev–Trinajstić information content (AvgIpc) is 2.24. The highest BCUT2D eigenvalue weighted by Gasteiger charge is 2.23. The predicted octanol–water partition coefficient (Wildman–Crippen LogP) is 3.44. The zero-order valence-corrected chi connectivity index (χ0v) is 13.4. The van der Waals surface area contributed by atoms with E-state index in [0.29, 0.717) is 0 Å². The van der Waals surface area contributed by atoms with Gasteiger partial charge in [0, 0.05) is 12.1 Å². The summed E-state index contributed by atoms with van der Waals surface area (Å²) in [6, 6.07) is 2.23. The Bertz CT molecular complexity index is 602. The van der Waals surface area contributed by atoms with Gasteiger partial charge in [-0.3, -0.25) is 9.35 Å². The molecule has 8 heteroatoms. The Morgan fingerprint density at radius 3 is 2.00 bits per heavy atom. The van der Waals surface area contributed by atoms with Crippen molar-refractivity contribution in [2.24, 2.45) is 11.8 Å². The van der Waals surface area contributed by atoms with E-state index in [1.54, 1.807) is 6.92 Å². The molecule has 0 amide bonds. The summed E-state index contributed by atoms with van der Waals surface area (Å²) in [5, 5.41) is -0.639. The van der Waals surface area contributed by atoms with Crippen molar-refractivity contribution >= 4 is 39.3 Å². The molecule has 0 heterocycles.